The number of aryl methyl sites for hydroxylation is 2. The Morgan fingerprint density at radius 1 is 1.22 bits per heavy atom. The van der Waals surface area contributed by atoms with E-state index in [-0.39, 0.29) is 0 Å². The van der Waals surface area contributed by atoms with Crippen LogP contribution in [0.1, 0.15) is 30.3 Å². The molecule has 1 aromatic heterocycles. The Morgan fingerprint density at radius 3 is 2.78 bits per heavy atom. The van der Waals surface area contributed by atoms with Crippen LogP contribution in [0.25, 0.3) is 0 Å². The molecule has 2 aromatic rings. The van der Waals surface area contributed by atoms with Crippen molar-refractivity contribution in [2.45, 2.75) is 32.7 Å². The number of hydrogen-bond acceptors (Lipinski definition) is 2. The van der Waals surface area contributed by atoms with Crippen molar-refractivity contribution in [2.24, 2.45) is 0 Å². The largest absolute Gasteiger partial charge is 0.349 e. The van der Waals surface area contributed by atoms with Gasteiger partial charge in [0.15, 0.2) is 0 Å². The van der Waals surface area contributed by atoms with Gasteiger partial charge in [0.05, 0.1) is 0 Å². The van der Waals surface area contributed by atoms with E-state index in [9.17, 15) is 0 Å². The monoisotopic (exact) mass is 243 g/mol. The van der Waals surface area contributed by atoms with E-state index in [1.165, 1.54) is 11.1 Å². The molecular weight excluding hydrogens is 222 g/mol. The van der Waals surface area contributed by atoms with E-state index in [4.69, 9.17) is 0 Å². The van der Waals surface area contributed by atoms with Crippen LogP contribution in [0.5, 0.6) is 0 Å². The van der Waals surface area contributed by atoms with Gasteiger partial charge in [-0.2, -0.15) is 0 Å². The van der Waals surface area contributed by atoms with Gasteiger partial charge in [-0.05, 0) is 30.5 Å². The summed E-state index contributed by atoms with van der Waals surface area (Å²) < 4.78 is 0. The number of nitrogens with one attached hydrogen (secondary N) is 2. The summed E-state index contributed by atoms with van der Waals surface area (Å²) in [7, 11) is 0. The molecule has 1 heterocycles. The van der Waals surface area contributed by atoms with E-state index in [0.717, 1.165) is 38.2 Å². The molecule has 3 heteroatoms. The molecule has 0 aliphatic heterocycles. The third-order valence-corrected chi connectivity index (χ3v) is 3.14. The fourth-order valence-electron chi connectivity index (χ4n) is 2.11. The Hall–Kier alpha value is -1.61. The first kappa shape index (κ1) is 12.8. The molecule has 1 aromatic carbocycles. The zero-order valence-corrected chi connectivity index (χ0v) is 10.9. The minimum absolute atomic E-state index is 0.960. The molecule has 0 amide bonds. The number of rotatable bonds is 7. The van der Waals surface area contributed by atoms with Crippen molar-refractivity contribution in [1.82, 2.24) is 15.3 Å². The Labute approximate surface area is 109 Å². The Kier molecular flexibility index (Phi) is 4.97. The SMILES string of the molecule is CCc1ccccc1CNCCCc1ncc[nH]1. The minimum Gasteiger partial charge on any atom is -0.349 e. The first-order chi connectivity index (χ1) is 8.90. The van der Waals surface area contributed by atoms with Crippen LogP contribution >= 0.6 is 0 Å². The molecular formula is C15H21N3. The van der Waals surface area contributed by atoms with Gasteiger partial charge in [0.2, 0.25) is 0 Å². The average molecular weight is 243 g/mol. The van der Waals surface area contributed by atoms with Gasteiger partial charge >= 0.3 is 0 Å². The maximum absolute atomic E-state index is 4.22. The van der Waals surface area contributed by atoms with Gasteiger partial charge in [0.1, 0.15) is 5.82 Å². The molecule has 2 N–H and O–H groups in total. The van der Waals surface area contributed by atoms with Crippen LogP contribution in [0, 0.1) is 0 Å². The number of benzene rings is 1. The van der Waals surface area contributed by atoms with E-state index < -0.39 is 0 Å². The number of H-pyrrole nitrogens is 1. The summed E-state index contributed by atoms with van der Waals surface area (Å²) in [5.74, 6) is 1.07. The molecule has 0 unspecified atom stereocenters. The Morgan fingerprint density at radius 2 is 2.06 bits per heavy atom. The average Bonchev–Trinajstić information content (AvgIpc) is 2.92. The molecule has 0 saturated heterocycles. The predicted octanol–water partition coefficient (Wildman–Crippen LogP) is 2.69. The van der Waals surface area contributed by atoms with Crippen molar-refractivity contribution in [1.29, 1.82) is 0 Å². The number of aromatic amines is 1. The second kappa shape index (κ2) is 6.97. The summed E-state index contributed by atoms with van der Waals surface area (Å²) in [6.07, 6.45) is 6.90. The number of imidazole rings is 1. The fraction of sp³-hybridized carbons (Fsp3) is 0.400. The highest BCUT2D eigenvalue weighted by Crippen LogP contribution is 2.08. The molecule has 18 heavy (non-hydrogen) atoms. The van der Waals surface area contributed by atoms with E-state index in [0.29, 0.717) is 0 Å². The van der Waals surface area contributed by atoms with Crippen molar-refractivity contribution in [2.75, 3.05) is 6.54 Å². The second-order valence-electron chi connectivity index (χ2n) is 4.44. The normalized spacial score (nSPS) is 10.7. The van der Waals surface area contributed by atoms with E-state index >= 15 is 0 Å². The van der Waals surface area contributed by atoms with Crippen molar-refractivity contribution < 1.29 is 0 Å². The van der Waals surface area contributed by atoms with Crippen LogP contribution in [0.3, 0.4) is 0 Å². The van der Waals surface area contributed by atoms with Gasteiger partial charge < -0.3 is 10.3 Å². The van der Waals surface area contributed by atoms with Gasteiger partial charge in [0, 0.05) is 25.4 Å². The standard InChI is InChI=1S/C15H21N3/c1-2-13-6-3-4-7-14(13)12-16-9-5-8-15-17-10-11-18-15/h3-4,6-7,10-11,16H,2,5,8-9,12H2,1H3,(H,17,18). The van der Waals surface area contributed by atoms with Crippen LogP contribution in [0.15, 0.2) is 36.7 Å². The Bertz CT molecular complexity index is 449. The minimum atomic E-state index is 0.960. The molecule has 0 fully saturated rings. The molecule has 0 radical (unpaired) electrons. The first-order valence-corrected chi connectivity index (χ1v) is 6.66. The maximum Gasteiger partial charge on any atom is 0.106 e. The molecule has 0 bridgehead atoms. The fourth-order valence-corrected chi connectivity index (χ4v) is 2.11. The summed E-state index contributed by atoms with van der Waals surface area (Å²) >= 11 is 0. The van der Waals surface area contributed by atoms with Crippen molar-refractivity contribution >= 4 is 0 Å². The first-order valence-electron chi connectivity index (χ1n) is 6.66. The van der Waals surface area contributed by atoms with E-state index in [2.05, 4.69) is 46.5 Å². The predicted molar refractivity (Wildman–Crippen MR) is 74.4 cm³/mol. The number of nitrogens with zero attached hydrogens (tertiary/aromatic N) is 1. The van der Waals surface area contributed by atoms with Gasteiger partial charge in [-0.25, -0.2) is 4.98 Å². The van der Waals surface area contributed by atoms with Gasteiger partial charge in [-0.3, -0.25) is 0 Å². The van der Waals surface area contributed by atoms with Gasteiger partial charge in [-0.15, -0.1) is 0 Å². The summed E-state index contributed by atoms with van der Waals surface area (Å²) in [6, 6.07) is 8.64. The zero-order chi connectivity index (χ0) is 12.6. The van der Waals surface area contributed by atoms with Crippen LogP contribution in [0.2, 0.25) is 0 Å². The Balaban J connectivity index is 1.69. The smallest absolute Gasteiger partial charge is 0.106 e. The lowest BCUT2D eigenvalue weighted by Crippen LogP contribution is -2.16. The second-order valence-corrected chi connectivity index (χ2v) is 4.44. The van der Waals surface area contributed by atoms with Gasteiger partial charge in [0.25, 0.3) is 0 Å². The third-order valence-electron chi connectivity index (χ3n) is 3.14. The lowest BCUT2D eigenvalue weighted by atomic mass is 10.1. The maximum atomic E-state index is 4.22. The van der Waals surface area contributed by atoms with Crippen LogP contribution in [-0.4, -0.2) is 16.5 Å². The molecule has 0 aliphatic rings. The highest BCUT2D eigenvalue weighted by Gasteiger charge is 1.99. The molecule has 0 aliphatic carbocycles. The zero-order valence-electron chi connectivity index (χ0n) is 10.9. The van der Waals surface area contributed by atoms with E-state index in [1.807, 2.05) is 6.20 Å². The highest BCUT2D eigenvalue weighted by atomic mass is 14.9. The molecule has 3 nitrogen and oxygen atoms in total. The molecule has 96 valence electrons. The van der Waals surface area contributed by atoms with Crippen LogP contribution in [-0.2, 0) is 19.4 Å². The van der Waals surface area contributed by atoms with E-state index in [1.54, 1.807) is 6.20 Å². The van der Waals surface area contributed by atoms with Crippen molar-refractivity contribution in [3.05, 3.63) is 53.6 Å². The van der Waals surface area contributed by atoms with Crippen molar-refractivity contribution in [3.8, 4) is 0 Å². The highest BCUT2D eigenvalue weighted by molar-refractivity contribution is 5.26. The lowest BCUT2D eigenvalue weighted by Gasteiger charge is -2.08. The molecule has 0 spiro atoms. The molecule has 2 rings (SSSR count). The summed E-state index contributed by atoms with van der Waals surface area (Å²) in [5, 5.41) is 3.50. The summed E-state index contributed by atoms with van der Waals surface area (Å²) in [6.45, 7) is 4.19. The quantitative estimate of drug-likeness (QED) is 0.734. The number of hydrogen-bond donors (Lipinski definition) is 2. The summed E-state index contributed by atoms with van der Waals surface area (Å²) in [4.78, 5) is 7.34. The molecule has 0 atom stereocenters. The summed E-state index contributed by atoms with van der Waals surface area (Å²) in [5.41, 5.74) is 2.86. The van der Waals surface area contributed by atoms with Crippen LogP contribution in [0.4, 0.5) is 0 Å². The topological polar surface area (TPSA) is 40.7 Å². The lowest BCUT2D eigenvalue weighted by molar-refractivity contribution is 0.638. The van der Waals surface area contributed by atoms with Crippen LogP contribution < -0.4 is 5.32 Å². The third kappa shape index (κ3) is 3.70. The van der Waals surface area contributed by atoms with Gasteiger partial charge in [-0.1, -0.05) is 31.2 Å². The number of aromatic nitrogens is 2. The molecule has 0 saturated carbocycles. The van der Waals surface area contributed by atoms with Crippen molar-refractivity contribution in [3.63, 3.8) is 0 Å².